The number of benzene rings is 2. The first kappa shape index (κ1) is 42.6. The standard InChI is InChI=1S/C28H39N11O7.2ClH/c29-26(30)33-14-4-8-21(38-28(43)46-17-18-6-2-1-3-7-18)24(41)35-16-23(40)37-22(9-5-15-34-27(31)32)25(42)36-19-10-12-20(13-11-19)39(44)45;;/h1-3,6-7,10-13,21-22H,4-5,8-9,14-17H2,(H,35,41)(H,36,42)(H,37,40)(H,38,43)(H4,29,30,33)(H4,31,32,34);2*1H/t21-,22+;;/m0../s1. The number of carbonyl (C=O) groups excluding carboxylic acids is 4. The molecule has 2 rings (SSSR count). The van der Waals surface area contributed by atoms with E-state index in [1.165, 1.54) is 24.3 Å². The lowest BCUT2D eigenvalue weighted by atomic mass is 10.1. The molecule has 0 aliphatic carbocycles. The summed E-state index contributed by atoms with van der Waals surface area (Å²) in [5.74, 6) is -2.26. The summed E-state index contributed by atoms with van der Waals surface area (Å²) >= 11 is 0. The number of rotatable bonds is 18. The number of aliphatic imine (C=N–C) groups is 2. The maximum absolute atomic E-state index is 13.0. The van der Waals surface area contributed by atoms with Gasteiger partial charge in [0.2, 0.25) is 17.7 Å². The maximum Gasteiger partial charge on any atom is 0.408 e. The number of halogens is 2. The Balaban J connectivity index is 0.0000110. The lowest BCUT2D eigenvalue weighted by Crippen LogP contribution is -2.51. The van der Waals surface area contributed by atoms with Crippen LogP contribution in [0.1, 0.15) is 31.2 Å². The molecule has 0 saturated heterocycles. The van der Waals surface area contributed by atoms with Crippen LogP contribution < -0.4 is 44.2 Å². The zero-order valence-electron chi connectivity index (χ0n) is 25.8. The highest BCUT2D eigenvalue weighted by Gasteiger charge is 2.24. The summed E-state index contributed by atoms with van der Waals surface area (Å²) in [6, 6.07) is 11.9. The summed E-state index contributed by atoms with van der Waals surface area (Å²) in [6.07, 6.45) is 0.0317. The molecule has 0 aliphatic rings. The molecule has 0 spiro atoms. The molecule has 2 aromatic carbocycles. The van der Waals surface area contributed by atoms with E-state index < -0.39 is 47.4 Å². The summed E-state index contributed by atoms with van der Waals surface area (Å²) in [4.78, 5) is 69.3. The predicted octanol–water partition coefficient (Wildman–Crippen LogP) is 0.380. The van der Waals surface area contributed by atoms with Gasteiger partial charge in [-0.3, -0.25) is 34.5 Å². The maximum atomic E-state index is 13.0. The molecular weight excluding hydrogens is 673 g/mol. The van der Waals surface area contributed by atoms with Crippen molar-refractivity contribution in [3.05, 3.63) is 70.3 Å². The average Bonchev–Trinajstić information content (AvgIpc) is 3.02. The molecular formula is C28H41Cl2N11O7. The number of ether oxygens (including phenoxy) is 1. The van der Waals surface area contributed by atoms with E-state index in [1.807, 2.05) is 6.07 Å². The first-order chi connectivity index (χ1) is 21.9. The Kier molecular flexibility index (Phi) is 20.5. The van der Waals surface area contributed by atoms with Crippen molar-refractivity contribution in [3.8, 4) is 0 Å². The molecule has 0 bridgehead atoms. The third kappa shape index (κ3) is 17.4. The summed E-state index contributed by atoms with van der Waals surface area (Å²) in [7, 11) is 0. The fourth-order valence-electron chi connectivity index (χ4n) is 3.88. The van der Waals surface area contributed by atoms with E-state index in [4.69, 9.17) is 27.7 Å². The fraction of sp³-hybridized carbons (Fsp3) is 0.357. The largest absolute Gasteiger partial charge is 0.445 e. The van der Waals surface area contributed by atoms with E-state index in [1.54, 1.807) is 24.3 Å². The third-order valence-corrected chi connectivity index (χ3v) is 6.13. The van der Waals surface area contributed by atoms with Gasteiger partial charge in [-0.1, -0.05) is 30.3 Å². The number of alkyl carbamates (subject to hydrolysis) is 1. The van der Waals surface area contributed by atoms with Crippen molar-refractivity contribution >= 4 is 71.9 Å². The molecule has 12 N–H and O–H groups in total. The van der Waals surface area contributed by atoms with Gasteiger partial charge in [-0.15, -0.1) is 24.8 Å². The van der Waals surface area contributed by atoms with Crippen molar-refractivity contribution in [2.45, 2.75) is 44.4 Å². The van der Waals surface area contributed by atoms with E-state index in [2.05, 4.69) is 31.3 Å². The van der Waals surface area contributed by atoms with Crippen molar-refractivity contribution in [3.63, 3.8) is 0 Å². The predicted molar refractivity (Wildman–Crippen MR) is 185 cm³/mol. The number of nitrogens with one attached hydrogen (secondary N) is 4. The highest BCUT2D eigenvalue weighted by atomic mass is 35.5. The van der Waals surface area contributed by atoms with Gasteiger partial charge >= 0.3 is 6.09 Å². The number of guanidine groups is 2. The number of amides is 4. The Morgan fingerprint density at radius 1 is 0.792 bits per heavy atom. The fourth-order valence-corrected chi connectivity index (χ4v) is 3.88. The summed E-state index contributed by atoms with van der Waals surface area (Å²) in [5, 5.41) is 21.0. The van der Waals surface area contributed by atoms with Gasteiger partial charge in [0, 0.05) is 30.9 Å². The monoisotopic (exact) mass is 713 g/mol. The van der Waals surface area contributed by atoms with Gasteiger partial charge in [0.05, 0.1) is 11.5 Å². The SMILES string of the molecule is Cl.Cl.NC(N)=NCCC[C@H](NC(=O)OCc1ccccc1)C(=O)NCC(=O)N[C@H](CCCN=C(N)N)C(=O)Nc1ccc([N+](=O)[O-])cc1. The minimum atomic E-state index is -1.09. The van der Waals surface area contributed by atoms with Crippen LogP contribution in [0.5, 0.6) is 0 Å². The minimum absolute atomic E-state index is 0. The molecule has 264 valence electrons. The Bertz CT molecular complexity index is 1390. The molecule has 18 nitrogen and oxygen atoms in total. The molecule has 0 saturated carbocycles. The average molecular weight is 715 g/mol. The van der Waals surface area contributed by atoms with Crippen molar-refractivity contribution in [2.24, 2.45) is 32.9 Å². The Morgan fingerprint density at radius 2 is 1.33 bits per heavy atom. The highest BCUT2D eigenvalue weighted by molar-refractivity contribution is 5.98. The second-order valence-electron chi connectivity index (χ2n) is 9.79. The van der Waals surface area contributed by atoms with E-state index in [-0.39, 0.29) is 80.6 Å². The lowest BCUT2D eigenvalue weighted by molar-refractivity contribution is -0.384. The van der Waals surface area contributed by atoms with E-state index >= 15 is 0 Å². The molecule has 0 aromatic heterocycles. The van der Waals surface area contributed by atoms with Gasteiger partial charge in [0.25, 0.3) is 5.69 Å². The van der Waals surface area contributed by atoms with Gasteiger partial charge in [0.15, 0.2) is 11.9 Å². The number of non-ortho nitro benzene ring substituents is 1. The molecule has 2 aromatic rings. The second kappa shape index (κ2) is 23.0. The van der Waals surface area contributed by atoms with Crippen LogP contribution >= 0.6 is 24.8 Å². The molecule has 2 atom stereocenters. The summed E-state index contributed by atoms with van der Waals surface area (Å²) in [6.45, 7) is -0.175. The third-order valence-electron chi connectivity index (χ3n) is 6.13. The molecule has 0 fully saturated rings. The molecule has 20 heteroatoms. The van der Waals surface area contributed by atoms with Crippen LogP contribution in [0.25, 0.3) is 0 Å². The number of hydrogen-bond acceptors (Lipinski definition) is 9. The first-order valence-electron chi connectivity index (χ1n) is 14.1. The van der Waals surface area contributed by atoms with E-state index in [0.29, 0.717) is 12.8 Å². The molecule has 48 heavy (non-hydrogen) atoms. The summed E-state index contributed by atoms with van der Waals surface area (Å²) in [5.41, 5.74) is 22.2. The van der Waals surface area contributed by atoms with Crippen LogP contribution in [0.4, 0.5) is 16.2 Å². The van der Waals surface area contributed by atoms with E-state index in [9.17, 15) is 29.3 Å². The number of nitro benzene ring substituents is 1. The summed E-state index contributed by atoms with van der Waals surface area (Å²) < 4.78 is 5.21. The number of hydrogen-bond donors (Lipinski definition) is 8. The van der Waals surface area contributed by atoms with Crippen molar-refractivity contribution in [2.75, 3.05) is 25.0 Å². The number of nitrogens with zero attached hydrogens (tertiary/aromatic N) is 3. The Labute approximate surface area is 288 Å². The topological polar surface area (TPSA) is 298 Å². The smallest absolute Gasteiger partial charge is 0.408 e. The van der Waals surface area contributed by atoms with Crippen LogP contribution in [0.15, 0.2) is 64.6 Å². The molecule has 0 aliphatic heterocycles. The van der Waals surface area contributed by atoms with Gasteiger partial charge in [-0.05, 0) is 43.4 Å². The van der Waals surface area contributed by atoms with Gasteiger partial charge in [-0.25, -0.2) is 4.79 Å². The van der Waals surface area contributed by atoms with Gasteiger partial charge in [-0.2, -0.15) is 0 Å². The Hall–Kier alpha value is -5.36. The minimum Gasteiger partial charge on any atom is -0.445 e. The molecule has 0 radical (unpaired) electrons. The zero-order valence-corrected chi connectivity index (χ0v) is 27.5. The number of nitro groups is 1. The lowest BCUT2D eigenvalue weighted by Gasteiger charge is -2.20. The number of nitrogens with two attached hydrogens (primary N) is 4. The molecule has 0 unspecified atom stereocenters. The zero-order chi connectivity index (χ0) is 33.9. The van der Waals surface area contributed by atoms with Crippen molar-refractivity contribution < 1.29 is 28.8 Å². The van der Waals surface area contributed by atoms with Crippen LogP contribution in [0, 0.1) is 10.1 Å². The van der Waals surface area contributed by atoms with Crippen LogP contribution in [0.3, 0.4) is 0 Å². The van der Waals surface area contributed by atoms with Crippen LogP contribution in [-0.2, 0) is 25.7 Å². The highest BCUT2D eigenvalue weighted by Crippen LogP contribution is 2.16. The van der Waals surface area contributed by atoms with E-state index in [0.717, 1.165) is 5.56 Å². The van der Waals surface area contributed by atoms with Crippen LogP contribution in [0.2, 0.25) is 0 Å². The number of carbonyl (C=O) groups is 4. The molecule has 4 amide bonds. The quantitative estimate of drug-likeness (QED) is 0.0343. The van der Waals surface area contributed by atoms with Crippen molar-refractivity contribution in [1.29, 1.82) is 0 Å². The van der Waals surface area contributed by atoms with Crippen LogP contribution in [-0.4, -0.2) is 72.4 Å². The van der Waals surface area contributed by atoms with Gasteiger partial charge in [0.1, 0.15) is 18.7 Å². The normalized spacial score (nSPS) is 11.1. The number of anilines is 1. The van der Waals surface area contributed by atoms with Gasteiger partial charge < -0.3 is 48.9 Å². The second-order valence-corrected chi connectivity index (χ2v) is 9.79. The van der Waals surface area contributed by atoms with Crippen molar-refractivity contribution in [1.82, 2.24) is 16.0 Å². The first-order valence-corrected chi connectivity index (χ1v) is 14.1. The molecule has 0 heterocycles. The Morgan fingerprint density at radius 3 is 1.85 bits per heavy atom.